The molecule has 28 heavy (non-hydrogen) atoms. The van der Waals surface area contributed by atoms with Crippen LogP contribution < -0.4 is 4.74 Å². The fourth-order valence-corrected chi connectivity index (χ4v) is 3.30. The van der Waals surface area contributed by atoms with Gasteiger partial charge in [0.1, 0.15) is 11.6 Å². The lowest BCUT2D eigenvalue weighted by atomic mass is 10.1. The van der Waals surface area contributed by atoms with Crippen molar-refractivity contribution in [1.82, 2.24) is 9.80 Å². The van der Waals surface area contributed by atoms with Gasteiger partial charge in [-0.3, -0.25) is 9.59 Å². The van der Waals surface area contributed by atoms with Crippen LogP contribution in [-0.2, 0) is 4.79 Å². The van der Waals surface area contributed by atoms with Crippen LogP contribution in [0.3, 0.4) is 0 Å². The molecule has 0 aromatic heterocycles. The van der Waals surface area contributed by atoms with Crippen molar-refractivity contribution < 1.29 is 18.7 Å². The summed E-state index contributed by atoms with van der Waals surface area (Å²) in [5.74, 6) is -0.590. The molecule has 2 aromatic rings. The molecule has 1 saturated heterocycles. The molecule has 0 N–H and O–H groups in total. The number of halogens is 2. The Kier molecular flexibility index (Phi) is 6.19. The Bertz CT molecular complexity index is 875. The SMILES string of the molecule is Cc1ccc(OCC(=O)N2CCN(C(=O)c3c(F)cccc3Cl)CC2)cc1C. The highest BCUT2D eigenvalue weighted by atomic mass is 35.5. The quantitative estimate of drug-likeness (QED) is 0.784. The van der Waals surface area contributed by atoms with Crippen LogP contribution in [0.2, 0.25) is 5.02 Å². The molecule has 0 saturated carbocycles. The van der Waals surface area contributed by atoms with Gasteiger partial charge in [-0.15, -0.1) is 0 Å². The van der Waals surface area contributed by atoms with E-state index in [4.69, 9.17) is 16.3 Å². The average Bonchev–Trinajstić information content (AvgIpc) is 2.68. The maximum Gasteiger partial charge on any atom is 0.260 e. The van der Waals surface area contributed by atoms with E-state index in [0.29, 0.717) is 31.9 Å². The third kappa shape index (κ3) is 4.44. The van der Waals surface area contributed by atoms with Gasteiger partial charge in [0, 0.05) is 26.2 Å². The van der Waals surface area contributed by atoms with Crippen LogP contribution in [0.25, 0.3) is 0 Å². The van der Waals surface area contributed by atoms with E-state index in [1.54, 1.807) is 4.90 Å². The van der Waals surface area contributed by atoms with Crippen molar-refractivity contribution in [3.63, 3.8) is 0 Å². The van der Waals surface area contributed by atoms with E-state index in [0.717, 1.165) is 11.1 Å². The minimum Gasteiger partial charge on any atom is -0.484 e. The van der Waals surface area contributed by atoms with Crippen LogP contribution >= 0.6 is 11.6 Å². The van der Waals surface area contributed by atoms with Crippen LogP contribution in [0.4, 0.5) is 4.39 Å². The van der Waals surface area contributed by atoms with Crippen molar-refractivity contribution in [2.45, 2.75) is 13.8 Å². The summed E-state index contributed by atoms with van der Waals surface area (Å²) in [7, 11) is 0. The molecular weight excluding hydrogens is 383 g/mol. The van der Waals surface area contributed by atoms with E-state index in [1.165, 1.54) is 23.1 Å². The lowest BCUT2D eigenvalue weighted by molar-refractivity contribution is -0.134. The number of ether oxygens (including phenoxy) is 1. The highest BCUT2D eigenvalue weighted by Crippen LogP contribution is 2.22. The summed E-state index contributed by atoms with van der Waals surface area (Å²) in [5, 5.41) is 0.0882. The van der Waals surface area contributed by atoms with Gasteiger partial charge in [0.2, 0.25) is 0 Å². The molecule has 7 heteroatoms. The van der Waals surface area contributed by atoms with E-state index in [-0.39, 0.29) is 23.1 Å². The van der Waals surface area contributed by atoms with Gasteiger partial charge in [-0.25, -0.2) is 4.39 Å². The zero-order chi connectivity index (χ0) is 20.3. The minimum atomic E-state index is -0.641. The van der Waals surface area contributed by atoms with Crippen LogP contribution in [0, 0.1) is 19.7 Å². The predicted molar refractivity (Wildman–Crippen MR) is 105 cm³/mol. The maximum atomic E-state index is 14.0. The number of nitrogens with zero attached hydrogens (tertiary/aromatic N) is 2. The van der Waals surface area contributed by atoms with Gasteiger partial charge in [-0.2, -0.15) is 0 Å². The number of amides is 2. The third-order valence-electron chi connectivity index (χ3n) is 4.94. The van der Waals surface area contributed by atoms with Crippen molar-refractivity contribution in [3.8, 4) is 5.75 Å². The van der Waals surface area contributed by atoms with Crippen molar-refractivity contribution in [2.24, 2.45) is 0 Å². The summed E-state index contributed by atoms with van der Waals surface area (Å²) in [4.78, 5) is 28.1. The fourth-order valence-electron chi connectivity index (χ4n) is 3.06. The number of rotatable bonds is 4. The van der Waals surface area contributed by atoms with Crippen LogP contribution in [0.1, 0.15) is 21.5 Å². The van der Waals surface area contributed by atoms with Crippen molar-refractivity contribution in [2.75, 3.05) is 32.8 Å². The Balaban J connectivity index is 1.54. The molecule has 2 aromatic carbocycles. The summed E-state index contributed by atoms with van der Waals surface area (Å²) >= 11 is 5.97. The molecule has 1 aliphatic heterocycles. The summed E-state index contributed by atoms with van der Waals surface area (Å²) < 4.78 is 19.6. The molecule has 0 aliphatic carbocycles. The summed E-state index contributed by atoms with van der Waals surface area (Å²) in [6.07, 6.45) is 0. The Morgan fingerprint density at radius 3 is 2.36 bits per heavy atom. The highest BCUT2D eigenvalue weighted by molar-refractivity contribution is 6.33. The Hall–Kier alpha value is -2.60. The number of hydrogen-bond acceptors (Lipinski definition) is 3. The van der Waals surface area contributed by atoms with Gasteiger partial charge in [-0.05, 0) is 49.2 Å². The van der Waals surface area contributed by atoms with Gasteiger partial charge < -0.3 is 14.5 Å². The summed E-state index contributed by atoms with van der Waals surface area (Å²) in [6.45, 7) is 5.31. The first kappa shape index (κ1) is 20.1. The molecule has 0 spiro atoms. The first-order valence-corrected chi connectivity index (χ1v) is 9.45. The summed E-state index contributed by atoms with van der Waals surface area (Å²) in [6, 6.07) is 9.85. The number of carbonyl (C=O) groups excluding carboxylic acids is 2. The number of carbonyl (C=O) groups is 2. The maximum absolute atomic E-state index is 14.0. The molecule has 0 radical (unpaired) electrons. The molecule has 1 fully saturated rings. The number of piperazine rings is 1. The molecule has 0 bridgehead atoms. The lowest BCUT2D eigenvalue weighted by Gasteiger charge is -2.35. The Morgan fingerprint density at radius 1 is 1.04 bits per heavy atom. The van der Waals surface area contributed by atoms with Gasteiger partial charge in [0.05, 0.1) is 10.6 Å². The van der Waals surface area contributed by atoms with E-state index in [1.807, 2.05) is 32.0 Å². The number of benzene rings is 2. The van der Waals surface area contributed by atoms with E-state index >= 15 is 0 Å². The van der Waals surface area contributed by atoms with E-state index < -0.39 is 11.7 Å². The van der Waals surface area contributed by atoms with Crippen molar-refractivity contribution in [1.29, 1.82) is 0 Å². The average molecular weight is 405 g/mol. The zero-order valence-electron chi connectivity index (χ0n) is 15.9. The van der Waals surface area contributed by atoms with Gasteiger partial charge in [0.15, 0.2) is 6.61 Å². The second-order valence-corrected chi connectivity index (χ2v) is 7.21. The second kappa shape index (κ2) is 8.61. The van der Waals surface area contributed by atoms with Crippen LogP contribution in [-0.4, -0.2) is 54.4 Å². The molecule has 0 unspecified atom stereocenters. The monoisotopic (exact) mass is 404 g/mol. The van der Waals surface area contributed by atoms with Gasteiger partial charge >= 0.3 is 0 Å². The third-order valence-corrected chi connectivity index (χ3v) is 5.25. The zero-order valence-corrected chi connectivity index (χ0v) is 16.6. The lowest BCUT2D eigenvalue weighted by Crippen LogP contribution is -2.51. The molecule has 5 nitrogen and oxygen atoms in total. The predicted octanol–water partition coefficient (Wildman–Crippen LogP) is 3.46. The molecule has 2 amide bonds. The molecule has 1 heterocycles. The molecule has 1 aliphatic rings. The largest absolute Gasteiger partial charge is 0.484 e. The topological polar surface area (TPSA) is 49.9 Å². The first-order chi connectivity index (χ1) is 13.4. The number of hydrogen-bond donors (Lipinski definition) is 0. The molecule has 0 atom stereocenters. The van der Waals surface area contributed by atoms with Gasteiger partial charge in [0.25, 0.3) is 11.8 Å². The minimum absolute atomic E-state index is 0.0599. The molecular formula is C21H22ClFN2O3. The van der Waals surface area contributed by atoms with Crippen LogP contribution in [0.5, 0.6) is 5.75 Å². The van der Waals surface area contributed by atoms with E-state index in [2.05, 4.69) is 0 Å². The molecule has 148 valence electrons. The van der Waals surface area contributed by atoms with Gasteiger partial charge in [-0.1, -0.05) is 23.7 Å². The Labute approximate surface area is 168 Å². The normalized spacial score (nSPS) is 14.1. The molecule has 3 rings (SSSR count). The number of aryl methyl sites for hydroxylation is 2. The van der Waals surface area contributed by atoms with Crippen molar-refractivity contribution in [3.05, 3.63) is 63.9 Å². The smallest absolute Gasteiger partial charge is 0.260 e. The fraction of sp³-hybridized carbons (Fsp3) is 0.333. The summed E-state index contributed by atoms with van der Waals surface area (Å²) in [5.41, 5.74) is 2.14. The Morgan fingerprint density at radius 2 is 1.71 bits per heavy atom. The highest BCUT2D eigenvalue weighted by Gasteiger charge is 2.27. The van der Waals surface area contributed by atoms with E-state index in [9.17, 15) is 14.0 Å². The van der Waals surface area contributed by atoms with Crippen molar-refractivity contribution >= 4 is 23.4 Å². The van der Waals surface area contributed by atoms with Crippen LogP contribution in [0.15, 0.2) is 36.4 Å². The second-order valence-electron chi connectivity index (χ2n) is 6.80. The first-order valence-electron chi connectivity index (χ1n) is 9.08. The standard InChI is InChI=1S/C21H22ClFN2O3/c1-14-6-7-16(12-15(14)2)28-13-19(26)24-8-10-25(11-9-24)21(27)20-17(22)4-3-5-18(20)23/h3-7,12H,8-11,13H2,1-2H3.